The first-order chi connectivity index (χ1) is 11.0. The summed E-state index contributed by atoms with van der Waals surface area (Å²) in [6, 6.07) is 6.77. The van der Waals surface area contributed by atoms with Gasteiger partial charge in [-0.15, -0.1) is 0 Å². The van der Waals surface area contributed by atoms with Crippen LogP contribution in [0.3, 0.4) is 0 Å². The van der Waals surface area contributed by atoms with Crippen molar-refractivity contribution in [3.05, 3.63) is 39.2 Å². The van der Waals surface area contributed by atoms with Crippen molar-refractivity contribution in [3.8, 4) is 5.75 Å². The minimum atomic E-state index is -0.588. The largest absolute Gasteiger partial charge is 0.497 e. The molecule has 1 aromatic carbocycles. The van der Waals surface area contributed by atoms with Gasteiger partial charge in [-0.2, -0.15) is 0 Å². The van der Waals surface area contributed by atoms with E-state index in [0.717, 1.165) is 11.3 Å². The molecule has 1 atom stereocenters. The predicted octanol–water partition coefficient (Wildman–Crippen LogP) is 2.14. The number of halogens is 1. The van der Waals surface area contributed by atoms with E-state index < -0.39 is 18.1 Å². The van der Waals surface area contributed by atoms with Gasteiger partial charge in [-0.3, -0.25) is 0 Å². The van der Waals surface area contributed by atoms with E-state index in [4.69, 9.17) is 14.2 Å². The van der Waals surface area contributed by atoms with Crippen LogP contribution in [0.25, 0.3) is 0 Å². The summed E-state index contributed by atoms with van der Waals surface area (Å²) in [6.45, 7) is 0.300. The van der Waals surface area contributed by atoms with E-state index in [0.29, 0.717) is 3.58 Å². The maximum atomic E-state index is 11.8. The highest BCUT2D eigenvalue weighted by atomic mass is 127. The van der Waals surface area contributed by atoms with Crippen LogP contribution in [0.5, 0.6) is 5.75 Å². The minimum absolute atomic E-state index is 0.119. The smallest absolute Gasteiger partial charge is 0.408 e. The number of carbonyl (C=O) groups excluding carboxylic acids is 2. The fraction of sp³-hybridized carbons (Fsp3) is 0.333. The molecule has 1 heterocycles. The number of esters is 1. The standard InChI is InChI=1S/C15H16INO6/c1-20-10-5-3-9(4-6-10)7-23-15(19)17-11-8-22-13(12(11)16)14(18)21-2/h3-6,11H,7-8H2,1-2H3,(H,17,19). The highest BCUT2D eigenvalue weighted by Gasteiger charge is 2.31. The molecule has 1 aliphatic rings. The molecule has 7 nitrogen and oxygen atoms in total. The molecular weight excluding hydrogens is 417 g/mol. The molecule has 1 aromatic rings. The summed E-state index contributed by atoms with van der Waals surface area (Å²) in [4.78, 5) is 23.3. The molecule has 23 heavy (non-hydrogen) atoms. The second-order valence-corrected chi connectivity index (χ2v) is 5.76. The zero-order chi connectivity index (χ0) is 16.8. The Hall–Kier alpha value is -1.97. The normalized spacial score (nSPS) is 16.6. The summed E-state index contributed by atoms with van der Waals surface area (Å²) >= 11 is 1.95. The van der Waals surface area contributed by atoms with E-state index in [9.17, 15) is 9.59 Å². The minimum Gasteiger partial charge on any atom is -0.497 e. The average Bonchev–Trinajstić information content (AvgIpc) is 2.93. The van der Waals surface area contributed by atoms with E-state index >= 15 is 0 Å². The van der Waals surface area contributed by atoms with Gasteiger partial charge in [-0.1, -0.05) is 12.1 Å². The van der Waals surface area contributed by atoms with Crippen LogP contribution in [0.2, 0.25) is 0 Å². The molecule has 0 spiro atoms. The third kappa shape index (κ3) is 4.50. The predicted molar refractivity (Wildman–Crippen MR) is 89.1 cm³/mol. The van der Waals surface area contributed by atoms with Crippen molar-refractivity contribution in [1.82, 2.24) is 5.32 Å². The molecule has 1 amide bonds. The summed E-state index contributed by atoms with van der Waals surface area (Å²) in [5, 5.41) is 2.65. The van der Waals surface area contributed by atoms with E-state index in [1.807, 2.05) is 34.7 Å². The van der Waals surface area contributed by atoms with Crippen molar-refractivity contribution in [2.45, 2.75) is 12.6 Å². The molecular formula is C15H16INO6. The average molecular weight is 433 g/mol. The molecule has 1 unspecified atom stereocenters. The van der Waals surface area contributed by atoms with E-state index in [-0.39, 0.29) is 19.0 Å². The number of benzene rings is 1. The number of ether oxygens (including phenoxy) is 4. The molecule has 0 aliphatic carbocycles. The maximum absolute atomic E-state index is 11.8. The van der Waals surface area contributed by atoms with Gasteiger partial charge in [0.05, 0.1) is 17.8 Å². The molecule has 0 saturated carbocycles. The molecule has 0 aromatic heterocycles. The number of alkyl carbamates (subject to hydrolysis) is 1. The summed E-state index contributed by atoms with van der Waals surface area (Å²) in [5.41, 5.74) is 0.837. The van der Waals surface area contributed by atoms with Crippen LogP contribution in [-0.4, -0.2) is 38.9 Å². The van der Waals surface area contributed by atoms with Crippen LogP contribution in [0.15, 0.2) is 33.6 Å². The summed E-state index contributed by atoms with van der Waals surface area (Å²) < 4.78 is 20.6. The molecule has 0 fully saturated rings. The highest BCUT2D eigenvalue weighted by Crippen LogP contribution is 2.26. The Morgan fingerprint density at radius 1 is 1.30 bits per heavy atom. The lowest BCUT2D eigenvalue weighted by Gasteiger charge is -2.12. The Morgan fingerprint density at radius 3 is 2.61 bits per heavy atom. The van der Waals surface area contributed by atoms with Gasteiger partial charge in [-0.05, 0) is 40.3 Å². The van der Waals surface area contributed by atoms with Crippen molar-refractivity contribution in [2.24, 2.45) is 0 Å². The van der Waals surface area contributed by atoms with Gasteiger partial charge in [-0.25, -0.2) is 9.59 Å². The number of amides is 1. The number of rotatable bonds is 5. The van der Waals surface area contributed by atoms with Crippen LogP contribution >= 0.6 is 22.6 Å². The molecule has 0 bridgehead atoms. The quantitative estimate of drug-likeness (QED) is 0.566. The fourth-order valence-corrected chi connectivity index (χ4v) is 2.59. The molecule has 8 heteroatoms. The zero-order valence-electron chi connectivity index (χ0n) is 12.6. The van der Waals surface area contributed by atoms with Gasteiger partial charge in [0.1, 0.15) is 25.0 Å². The van der Waals surface area contributed by atoms with Crippen molar-refractivity contribution >= 4 is 34.7 Å². The summed E-state index contributed by atoms with van der Waals surface area (Å²) in [5.74, 6) is 0.287. The third-order valence-corrected chi connectivity index (χ3v) is 4.35. The van der Waals surface area contributed by atoms with Gasteiger partial charge in [0.25, 0.3) is 0 Å². The Morgan fingerprint density at radius 2 is 2.00 bits per heavy atom. The van der Waals surface area contributed by atoms with Gasteiger partial charge >= 0.3 is 12.1 Å². The van der Waals surface area contributed by atoms with Crippen molar-refractivity contribution in [1.29, 1.82) is 0 Å². The number of hydrogen-bond donors (Lipinski definition) is 1. The Bertz CT molecular complexity index is 613. The Kier molecular flexibility index (Phi) is 6.08. The second kappa shape index (κ2) is 8.04. The molecule has 0 radical (unpaired) electrons. The van der Waals surface area contributed by atoms with Crippen molar-refractivity contribution in [2.75, 3.05) is 20.8 Å². The molecule has 0 saturated heterocycles. The molecule has 2 rings (SSSR count). The van der Waals surface area contributed by atoms with E-state index in [1.165, 1.54) is 7.11 Å². The SMILES string of the molecule is COC(=O)C1=C(I)C(NC(=O)OCc2ccc(OC)cc2)CO1. The molecule has 1 N–H and O–H groups in total. The number of carbonyl (C=O) groups is 2. The van der Waals surface area contributed by atoms with Gasteiger partial charge in [0.15, 0.2) is 0 Å². The van der Waals surface area contributed by atoms with Crippen LogP contribution in [0, 0.1) is 0 Å². The first-order valence-corrected chi connectivity index (χ1v) is 7.80. The van der Waals surface area contributed by atoms with Crippen LogP contribution in [0.4, 0.5) is 4.79 Å². The zero-order valence-corrected chi connectivity index (χ0v) is 14.8. The number of hydrogen-bond acceptors (Lipinski definition) is 6. The summed E-state index contributed by atoms with van der Waals surface area (Å²) in [6.07, 6.45) is -0.588. The lowest BCUT2D eigenvalue weighted by Crippen LogP contribution is -2.36. The van der Waals surface area contributed by atoms with E-state index in [1.54, 1.807) is 19.2 Å². The van der Waals surface area contributed by atoms with Gasteiger partial charge in [0.2, 0.25) is 5.76 Å². The van der Waals surface area contributed by atoms with Gasteiger partial charge in [0, 0.05) is 0 Å². The third-order valence-electron chi connectivity index (χ3n) is 3.11. The Labute approximate surface area is 147 Å². The number of methoxy groups -OCH3 is 2. The maximum Gasteiger partial charge on any atom is 0.408 e. The first-order valence-electron chi connectivity index (χ1n) is 6.72. The van der Waals surface area contributed by atoms with E-state index in [2.05, 4.69) is 10.1 Å². The fourth-order valence-electron chi connectivity index (χ4n) is 1.88. The van der Waals surface area contributed by atoms with Crippen LogP contribution in [-0.2, 0) is 25.6 Å². The first kappa shape index (κ1) is 17.4. The monoisotopic (exact) mass is 433 g/mol. The van der Waals surface area contributed by atoms with Crippen LogP contribution < -0.4 is 10.1 Å². The van der Waals surface area contributed by atoms with Crippen molar-refractivity contribution in [3.63, 3.8) is 0 Å². The lowest BCUT2D eigenvalue weighted by molar-refractivity contribution is -0.139. The lowest BCUT2D eigenvalue weighted by atomic mass is 10.2. The second-order valence-electron chi connectivity index (χ2n) is 4.60. The Balaban J connectivity index is 1.85. The molecule has 124 valence electrons. The number of nitrogens with one attached hydrogen (secondary N) is 1. The topological polar surface area (TPSA) is 83.1 Å². The van der Waals surface area contributed by atoms with Gasteiger partial charge < -0.3 is 24.3 Å². The molecule has 1 aliphatic heterocycles. The van der Waals surface area contributed by atoms with Crippen molar-refractivity contribution < 1.29 is 28.5 Å². The highest BCUT2D eigenvalue weighted by molar-refractivity contribution is 14.1. The van der Waals surface area contributed by atoms with Crippen LogP contribution in [0.1, 0.15) is 5.56 Å². The summed E-state index contributed by atoms with van der Waals surface area (Å²) in [7, 11) is 2.85.